The van der Waals surface area contributed by atoms with Gasteiger partial charge >= 0.3 is 6.09 Å². The SMILES string of the molecule is CNCCCC(=O)N1CCC[C@@H]([C@@](O)(CCCOC(=O)NC)c2cccc(Cl)c2-c2cnc3ccccc3c2)C1. The van der Waals surface area contributed by atoms with E-state index in [0.717, 1.165) is 47.8 Å². The first-order valence-electron chi connectivity index (χ1n) is 14.0. The molecule has 8 nitrogen and oxygen atoms in total. The molecule has 1 saturated heterocycles. The molecule has 214 valence electrons. The number of alkyl carbamates (subject to hydrolysis) is 1. The van der Waals surface area contributed by atoms with Gasteiger partial charge in [0, 0.05) is 60.2 Å². The maximum absolute atomic E-state index is 13.0. The minimum atomic E-state index is -1.32. The average molecular weight is 567 g/mol. The number of halogens is 1. The van der Waals surface area contributed by atoms with Crippen molar-refractivity contribution >= 4 is 34.5 Å². The molecule has 0 spiro atoms. The highest BCUT2D eigenvalue weighted by atomic mass is 35.5. The van der Waals surface area contributed by atoms with Crippen LogP contribution in [0.25, 0.3) is 22.0 Å². The van der Waals surface area contributed by atoms with E-state index in [1.54, 1.807) is 6.20 Å². The number of fused-ring (bicyclic) bond motifs is 1. The number of pyridine rings is 1. The van der Waals surface area contributed by atoms with E-state index in [9.17, 15) is 14.7 Å². The van der Waals surface area contributed by atoms with Crippen LogP contribution in [0, 0.1) is 5.92 Å². The van der Waals surface area contributed by atoms with E-state index in [2.05, 4.69) is 15.6 Å². The molecular formula is C31H39ClN4O4. The summed E-state index contributed by atoms with van der Waals surface area (Å²) in [4.78, 5) is 31.2. The van der Waals surface area contributed by atoms with Gasteiger partial charge in [0.25, 0.3) is 0 Å². The number of nitrogens with one attached hydrogen (secondary N) is 2. The van der Waals surface area contributed by atoms with Gasteiger partial charge in [-0.25, -0.2) is 4.79 Å². The molecule has 3 aromatic rings. The highest BCUT2D eigenvalue weighted by Gasteiger charge is 2.43. The molecule has 1 fully saturated rings. The summed E-state index contributed by atoms with van der Waals surface area (Å²) in [7, 11) is 3.39. The van der Waals surface area contributed by atoms with Gasteiger partial charge in [-0.3, -0.25) is 9.78 Å². The van der Waals surface area contributed by atoms with Crippen molar-refractivity contribution in [3.05, 3.63) is 65.3 Å². The third-order valence-electron chi connectivity index (χ3n) is 7.77. The van der Waals surface area contributed by atoms with Crippen molar-refractivity contribution in [3.8, 4) is 11.1 Å². The molecule has 1 aliphatic heterocycles. The number of aromatic nitrogens is 1. The Labute approximate surface area is 241 Å². The van der Waals surface area contributed by atoms with Crippen molar-refractivity contribution in [1.29, 1.82) is 0 Å². The lowest BCUT2D eigenvalue weighted by molar-refractivity contribution is -0.136. The van der Waals surface area contributed by atoms with Crippen LogP contribution in [0.2, 0.25) is 5.02 Å². The monoisotopic (exact) mass is 566 g/mol. The topological polar surface area (TPSA) is 104 Å². The number of hydrogen-bond donors (Lipinski definition) is 3. The number of amides is 2. The Morgan fingerprint density at radius 1 is 1.18 bits per heavy atom. The zero-order valence-corrected chi connectivity index (χ0v) is 24.0. The summed E-state index contributed by atoms with van der Waals surface area (Å²) in [5, 5.41) is 19.7. The summed E-state index contributed by atoms with van der Waals surface area (Å²) >= 11 is 6.84. The summed E-state index contributed by atoms with van der Waals surface area (Å²) < 4.78 is 5.24. The van der Waals surface area contributed by atoms with Gasteiger partial charge in [0.05, 0.1) is 17.7 Å². The van der Waals surface area contributed by atoms with Gasteiger partial charge in [-0.2, -0.15) is 0 Å². The van der Waals surface area contributed by atoms with Gasteiger partial charge in [-0.15, -0.1) is 0 Å². The zero-order valence-electron chi connectivity index (χ0n) is 23.3. The Balaban J connectivity index is 1.71. The number of likely N-dealkylation sites (tertiary alicyclic amines) is 1. The largest absolute Gasteiger partial charge is 0.450 e. The van der Waals surface area contributed by atoms with E-state index in [-0.39, 0.29) is 18.4 Å². The molecule has 2 amide bonds. The first-order chi connectivity index (χ1) is 19.4. The van der Waals surface area contributed by atoms with E-state index in [1.807, 2.05) is 60.5 Å². The molecule has 3 N–H and O–H groups in total. The van der Waals surface area contributed by atoms with E-state index in [4.69, 9.17) is 16.3 Å². The Kier molecular flexibility index (Phi) is 10.4. The fraction of sp³-hybridized carbons (Fsp3) is 0.452. The van der Waals surface area contributed by atoms with Crippen LogP contribution in [0.3, 0.4) is 0 Å². The standard InChI is InChI=1S/C31H39ClN4O4/c1-33-16-6-14-28(37)36-17-7-10-24(21-36)31(39,15-8-18-40-30(38)34-2)25-11-5-12-26(32)29(25)23-19-22-9-3-4-13-27(22)35-20-23/h3-5,9,11-13,19-20,24,33,39H,6-8,10,14-18,21H2,1-2H3,(H,34,38)/t24-,31+/m1/s1. The van der Waals surface area contributed by atoms with Gasteiger partial charge in [-0.1, -0.05) is 41.9 Å². The van der Waals surface area contributed by atoms with Gasteiger partial charge in [0.2, 0.25) is 5.91 Å². The van der Waals surface area contributed by atoms with E-state index in [1.165, 1.54) is 7.05 Å². The van der Waals surface area contributed by atoms with Gasteiger partial charge in [0.1, 0.15) is 0 Å². The first-order valence-corrected chi connectivity index (χ1v) is 14.4. The smallest absolute Gasteiger partial charge is 0.406 e. The average Bonchev–Trinajstić information content (AvgIpc) is 2.98. The number of carbonyl (C=O) groups is 2. The quantitative estimate of drug-likeness (QED) is 0.278. The summed E-state index contributed by atoms with van der Waals surface area (Å²) in [6.07, 6.45) is 4.86. The summed E-state index contributed by atoms with van der Waals surface area (Å²) in [6, 6.07) is 15.5. The highest BCUT2D eigenvalue weighted by molar-refractivity contribution is 6.33. The molecule has 40 heavy (non-hydrogen) atoms. The highest BCUT2D eigenvalue weighted by Crippen LogP contribution is 2.45. The van der Waals surface area contributed by atoms with Crippen molar-refractivity contribution in [2.45, 2.75) is 44.1 Å². The second-order valence-electron chi connectivity index (χ2n) is 10.4. The third-order valence-corrected chi connectivity index (χ3v) is 8.08. The van der Waals surface area contributed by atoms with Crippen LogP contribution in [0.1, 0.15) is 44.1 Å². The minimum absolute atomic E-state index is 0.107. The Bertz CT molecular complexity index is 1320. The number of benzene rings is 2. The molecule has 1 aliphatic rings. The van der Waals surface area contributed by atoms with Crippen LogP contribution in [-0.4, -0.2) is 67.3 Å². The number of para-hydroxylation sites is 1. The van der Waals surface area contributed by atoms with Crippen LogP contribution >= 0.6 is 11.6 Å². The van der Waals surface area contributed by atoms with Crippen molar-refractivity contribution < 1.29 is 19.4 Å². The summed E-state index contributed by atoms with van der Waals surface area (Å²) in [6.45, 7) is 2.08. The minimum Gasteiger partial charge on any atom is -0.450 e. The number of ether oxygens (including phenoxy) is 1. The van der Waals surface area contributed by atoms with Crippen LogP contribution in [-0.2, 0) is 15.1 Å². The molecular weight excluding hydrogens is 528 g/mol. The summed E-state index contributed by atoms with van der Waals surface area (Å²) in [5.74, 6) is -0.115. The van der Waals surface area contributed by atoms with Crippen LogP contribution in [0.4, 0.5) is 4.79 Å². The van der Waals surface area contributed by atoms with E-state index < -0.39 is 11.7 Å². The number of piperidine rings is 1. The molecule has 1 aromatic heterocycles. The lowest BCUT2D eigenvalue weighted by Crippen LogP contribution is -2.48. The molecule has 0 radical (unpaired) electrons. The molecule has 0 bridgehead atoms. The van der Waals surface area contributed by atoms with Crippen molar-refractivity contribution in [1.82, 2.24) is 20.5 Å². The van der Waals surface area contributed by atoms with E-state index >= 15 is 0 Å². The number of carbonyl (C=O) groups excluding carboxylic acids is 2. The predicted octanol–water partition coefficient (Wildman–Crippen LogP) is 5.12. The van der Waals surface area contributed by atoms with Crippen LogP contribution in [0.5, 0.6) is 0 Å². The molecule has 2 aromatic carbocycles. The molecule has 0 unspecified atom stereocenters. The van der Waals surface area contributed by atoms with Crippen LogP contribution < -0.4 is 10.6 Å². The van der Waals surface area contributed by atoms with Gasteiger partial charge < -0.3 is 25.4 Å². The Hall–Kier alpha value is -3.20. The Morgan fingerprint density at radius 2 is 2.00 bits per heavy atom. The third kappa shape index (κ3) is 6.92. The normalized spacial score (nSPS) is 16.9. The maximum atomic E-state index is 13.0. The van der Waals surface area contributed by atoms with E-state index in [0.29, 0.717) is 42.9 Å². The predicted molar refractivity (Wildman–Crippen MR) is 158 cm³/mol. The van der Waals surface area contributed by atoms with Crippen molar-refractivity contribution in [2.75, 3.05) is 40.3 Å². The number of aliphatic hydroxyl groups is 1. The van der Waals surface area contributed by atoms with Crippen LogP contribution in [0.15, 0.2) is 54.7 Å². The second kappa shape index (κ2) is 13.9. The fourth-order valence-corrected chi connectivity index (χ4v) is 5.98. The number of hydrogen-bond acceptors (Lipinski definition) is 6. The van der Waals surface area contributed by atoms with Crippen molar-refractivity contribution in [3.63, 3.8) is 0 Å². The lowest BCUT2D eigenvalue weighted by Gasteiger charge is -2.44. The Morgan fingerprint density at radius 3 is 2.80 bits per heavy atom. The molecule has 4 rings (SSSR count). The lowest BCUT2D eigenvalue weighted by atomic mass is 9.72. The molecule has 2 atom stereocenters. The zero-order chi connectivity index (χ0) is 28.5. The number of rotatable bonds is 11. The molecule has 2 heterocycles. The summed E-state index contributed by atoms with van der Waals surface area (Å²) in [5.41, 5.74) is 1.81. The molecule has 9 heteroatoms. The first kappa shape index (κ1) is 29.8. The van der Waals surface area contributed by atoms with Crippen molar-refractivity contribution in [2.24, 2.45) is 5.92 Å². The molecule has 0 saturated carbocycles. The molecule has 0 aliphatic carbocycles. The fourth-order valence-electron chi connectivity index (χ4n) is 5.69. The van der Waals surface area contributed by atoms with Gasteiger partial charge in [0.15, 0.2) is 0 Å². The van der Waals surface area contributed by atoms with Gasteiger partial charge in [-0.05, 0) is 69.5 Å². The maximum Gasteiger partial charge on any atom is 0.406 e. The second-order valence-corrected chi connectivity index (χ2v) is 10.8. The number of nitrogens with zero attached hydrogens (tertiary/aromatic N) is 2.